The van der Waals surface area contributed by atoms with Crippen molar-refractivity contribution in [3.8, 4) is 17.6 Å². The lowest BCUT2D eigenvalue weighted by atomic mass is 10.00. The molecule has 0 aliphatic rings. The molecule has 0 aliphatic heterocycles. The fraction of sp³-hybridized carbons (Fsp3) is 0.385. The van der Waals surface area contributed by atoms with Crippen molar-refractivity contribution in [1.82, 2.24) is 0 Å². The van der Waals surface area contributed by atoms with E-state index in [4.69, 9.17) is 19.5 Å². The average molecular weight is 249 g/mol. The van der Waals surface area contributed by atoms with E-state index in [1.165, 1.54) is 14.2 Å². The third kappa shape index (κ3) is 3.14. The Balaban J connectivity index is 3.13. The van der Waals surface area contributed by atoms with Gasteiger partial charge in [0.15, 0.2) is 5.92 Å². The minimum atomic E-state index is -0.978. The fourth-order valence-electron chi connectivity index (χ4n) is 1.49. The molecule has 0 saturated carbocycles. The standard InChI is InChI=1S/C13H15NO4/c1-4-18-13(15)12(8-14)9-5-10(16-2)7-11(6-9)17-3/h5-7,12H,4H2,1-3H3/t12-/m1/s1. The summed E-state index contributed by atoms with van der Waals surface area (Å²) in [7, 11) is 3.01. The molecule has 0 unspecified atom stereocenters. The highest BCUT2D eigenvalue weighted by Gasteiger charge is 2.22. The van der Waals surface area contributed by atoms with Crippen molar-refractivity contribution >= 4 is 5.97 Å². The quantitative estimate of drug-likeness (QED) is 0.745. The summed E-state index contributed by atoms with van der Waals surface area (Å²) in [6.45, 7) is 1.93. The number of benzene rings is 1. The van der Waals surface area contributed by atoms with E-state index in [1.54, 1.807) is 25.1 Å². The van der Waals surface area contributed by atoms with Gasteiger partial charge in [-0.15, -0.1) is 0 Å². The first-order chi connectivity index (χ1) is 8.65. The maximum absolute atomic E-state index is 11.6. The van der Waals surface area contributed by atoms with E-state index in [0.29, 0.717) is 17.1 Å². The zero-order valence-electron chi connectivity index (χ0n) is 10.6. The van der Waals surface area contributed by atoms with Crippen LogP contribution in [0.2, 0.25) is 0 Å². The molecule has 5 nitrogen and oxygen atoms in total. The predicted molar refractivity (Wildman–Crippen MR) is 64.5 cm³/mol. The molecule has 0 aliphatic carbocycles. The van der Waals surface area contributed by atoms with E-state index in [-0.39, 0.29) is 6.61 Å². The third-order valence-corrected chi connectivity index (χ3v) is 2.36. The number of nitriles is 1. The SMILES string of the molecule is CCOC(=O)[C@H](C#N)c1cc(OC)cc(OC)c1. The van der Waals surface area contributed by atoms with Gasteiger partial charge in [0.25, 0.3) is 0 Å². The molecule has 0 fully saturated rings. The first kappa shape index (κ1) is 13.8. The lowest BCUT2D eigenvalue weighted by molar-refractivity contribution is -0.143. The molecule has 1 aromatic rings. The smallest absolute Gasteiger partial charge is 0.327 e. The van der Waals surface area contributed by atoms with Gasteiger partial charge < -0.3 is 14.2 Å². The van der Waals surface area contributed by atoms with Crippen molar-refractivity contribution in [3.63, 3.8) is 0 Å². The Hall–Kier alpha value is -2.22. The van der Waals surface area contributed by atoms with Gasteiger partial charge in [0, 0.05) is 6.07 Å². The van der Waals surface area contributed by atoms with Gasteiger partial charge >= 0.3 is 5.97 Å². The Morgan fingerprint density at radius 2 is 1.83 bits per heavy atom. The van der Waals surface area contributed by atoms with Crippen LogP contribution in [-0.4, -0.2) is 26.8 Å². The van der Waals surface area contributed by atoms with Crippen molar-refractivity contribution in [2.45, 2.75) is 12.8 Å². The summed E-state index contributed by atoms with van der Waals surface area (Å²) < 4.78 is 15.0. The second-order valence-corrected chi connectivity index (χ2v) is 3.46. The fourth-order valence-corrected chi connectivity index (χ4v) is 1.49. The average Bonchev–Trinajstić information content (AvgIpc) is 2.39. The van der Waals surface area contributed by atoms with Crippen molar-refractivity contribution in [2.24, 2.45) is 0 Å². The number of carbonyl (C=O) groups excluding carboxylic acids is 1. The molecule has 1 aromatic carbocycles. The number of hydrogen-bond donors (Lipinski definition) is 0. The molecular formula is C13H15NO4. The first-order valence-corrected chi connectivity index (χ1v) is 5.45. The van der Waals surface area contributed by atoms with Crippen LogP contribution in [0.15, 0.2) is 18.2 Å². The number of nitrogens with zero attached hydrogens (tertiary/aromatic N) is 1. The molecule has 1 rings (SSSR count). The van der Waals surface area contributed by atoms with Gasteiger partial charge in [0.05, 0.1) is 26.9 Å². The van der Waals surface area contributed by atoms with E-state index in [2.05, 4.69) is 0 Å². The number of esters is 1. The van der Waals surface area contributed by atoms with E-state index in [0.717, 1.165) is 0 Å². The predicted octanol–water partition coefficient (Wildman–Crippen LogP) is 1.87. The Labute approximate surface area is 106 Å². The highest BCUT2D eigenvalue weighted by Crippen LogP contribution is 2.27. The molecule has 5 heteroatoms. The zero-order chi connectivity index (χ0) is 13.5. The minimum absolute atomic E-state index is 0.234. The minimum Gasteiger partial charge on any atom is -0.497 e. The van der Waals surface area contributed by atoms with Crippen LogP contribution in [0.25, 0.3) is 0 Å². The highest BCUT2D eigenvalue weighted by molar-refractivity contribution is 5.81. The molecule has 0 aromatic heterocycles. The van der Waals surface area contributed by atoms with Crippen LogP contribution in [0.5, 0.6) is 11.5 Å². The lowest BCUT2D eigenvalue weighted by Crippen LogP contribution is -2.14. The normalized spacial score (nSPS) is 11.2. The van der Waals surface area contributed by atoms with E-state index >= 15 is 0 Å². The summed E-state index contributed by atoms with van der Waals surface area (Å²) in [4.78, 5) is 11.6. The molecule has 0 bridgehead atoms. The van der Waals surface area contributed by atoms with Crippen LogP contribution in [0.4, 0.5) is 0 Å². The van der Waals surface area contributed by atoms with Crippen LogP contribution >= 0.6 is 0 Å². The van der Waals surface area contributed by atoms with E-state index in [1.807, 2.05) is 6.07 Å². The van der Waals surface area contributed by atoms with Crippen molar-refractivity contribution in [3.05, 3.63) is 23.8 Å². The third-order valence-electron chi connectivity index (χ3n) is 2.36. The molecule has 0 spiro atoms. The van der Waals surface area contributed by atoms with Crippen molar-refractivity contribution < 1.29 is 19.0 Å². The van der Waals surface area contributed by atoms with Crippen LogP contribution in [0, 0.1) is 11.3 Å². The van der Waals surface area contributed by atoms with Crippen LogP contribution in [0.3, 0.4) is 0 Å². The molecule has 0 heterocycles. The second-order valence-electron chi connectivity index (χ2n) is 3.46. The molecule has 0 amide bonds. The number of ether oxygens (including phenoxy) is 3. The molecular weight excluding hydrogens is 234 g/mol. The van der Waals surface area contributed by atoms with Gasteiger partial charge in [0.1, 0.15) is 11.5 Å². The largest absolute Gasteiger partial charge is 0.497 e. The Kier molecular flexibility index (Phi) is 5.00. The zero-order valence-corrected chi connectivity index (χ0v) is 10.6. The van der Waals surface area contributed by atoms with Gasteiger partial charge in [-0.25, -0.2) is 0 Å². The van der Waals surface area contributed by atoms with Gasteiger partial charge in [-0.2, -0.15) is 5.26 Å². The summed E-state index contributed by atoms with van der Waals surface area (Å²) in [5, 5.41) is 9.07. The molecule has 0 saturated heterocycles. The van der Waals surface area contributed by atoms with Gasteiger partial charge in [-0.3, -0.25) is 4.79 Å². The van der Waals surface area contributed by atoms with Crippen molar-refractivity contribution in [1.29, 1.82) is 5.26 Å². The van der Waals surface area contributed by atoms with Gasteiger partial charge in [0.2, 0.25) is 0 Å². The Morgan fingerprint density at radius 3 is 2.22 bits per heavy atom. The maximum Gasteiger partial charge on any atom is 0.327 e. The van der Waals surface area contributed by atoms with Crippen LogP contribution in [0.1, 0.15) is 18.4 Å². The van der Waals surface area contributed by atoms with Crippen LogP contribution < -0.4 is 9.47 Å². The number of methoxy groups -OCH3 is 2. The summed E-state index contributed by atoms with van der Waals surface area (Å²) >= 11 is 0. The molecule has 0 radical (unpaired) electrons. The van der Waals surface area contributed by atoms with Gasteiger partial charge in [-0.1, -0.05) is 0 Å². The summed E-state index contributed by atoms with van der Waals surface area (Å²) in [5.74, 6) is -0.507. The maximum atomic E-state index is 11.6. The Morgan fingerprint density at radius 1 is 1.28 bits per heavy atom. The summed E-state index contributed by atoms with van der Waals surface area (Å²) in [6, 6.07) is 6.83. The molecule has 96 valence electrons. The Bertz CT molecular complexity index is 442. The highest BCUT2D eigenvalue weighted by atomic mass is 16.5. The number of hydrogen-bond acceptors (Lipinski definition) is 5. The van der Waals surface area contributed by atoms with Crippen LogP contribution in [-0.2, 0) is 9.53 Å². The van der Waals surface area contributed by atoms with Gasteiger partial charge in [-0.05, 0) is 24.6 Å². The molecule has 1 atom stereocenters. The molecule has 18 heavy (non-hydrogen) atoms. The first-order valence-electron chi connectivity index (χ1n) is 5.45. The van der Waals surface area contributed by atoms with Crippen molar-refractivity contribution in [2.75, 3.05) is 20.8 Å². The lowest BCUT2D eigenvalue weighted by Gasteiger charge is -2.12. The summed E-state index contributed by atoms with van der Waals surface area (Å²) in [5.41, 5.74) is 0.493. The van der Waals surface area contributed by atoms with E-state index < -0.39 is 11.9 Å². The number of carbonyl (C=O) groups is 1. The molecule has 0 N–H and O–H groups in total. The van der Waals surface area contributed by atoms with E-state index in [9.17, 15) is 4.79 Å². The second kappa shape index (κ2) is 6.50. The summed E-state index contributed by atoms with van der Waals surface area (Å²) in [6.07, 6.45) is 0. The topological polar surface area (TPSA) is 68.6 Å². The monoisotopic (exact) mass is 249 g/mol. The number of rotatable bonds is 5.